The highest BCUT2D eigenvalue weighted by molar-refractivity contribution is 5.80. The molecule has 0 radical (unpaired) electrons. The van der Waals surface area contributed by atoms with Gasteiger partial charge in [-0.25, -0.2) is 4.79 Å². The lowest BCUT2D eigenvalue weighted by molar-refractivity contribution is -0.152. The van der Waals surface area contributed by atoms with Crippen LogP contribution in [0.5, 0.6) is 0 Å². The Hall–Kier alpha value is -0.610. The largest absolute Gasteiger partial charge is 0.465 e. The van der Waals surface area contributed by atoms with Crippen molar-refractivity contribution in [2.24, 2.45) is 5.73 Å². The van der Waals surface area contributed by atoms with Gasteiger partial charge in [0.05, 0.1) is 12.7 Å². The van der Waals surface area contributed by atoms with Gasteiger partial charge >= 0.3 is 5.97 Å². The van der Waals surface area contributed by atoms with E-state index in [0.29, 0.717) is 0 Å². The third-order valence-electron chi connectivity index (χ3n) is 1.58. The monoisotopic (exact) mass is 161 g/mol. The van der Waals surface area contributed by atoms with Crippen LogP contribution in [0.15, 0.2) is 0 Å². The van der Waals surface area contributed by atoms with Crippen molar-refractivity contribution in [1.82, 2.24) is 0 Å². The molecule has 0 aromatic rings. The number of ether oxygens (including phenoxy) is 1. The molecule has 0 bridgehead atoms. The quantitative estimate of drug-likeness (QED) is 0.555. The molecule has 0 amide bonds. The zero-order valence-electron chi connectivity index (χ0n) is 7.13. The van der Waals surface area contributed by atoms with Crippen LogP contribution in [0, 0.1) is 0 Å². The molecule has 0 saturated carbocycles. The second kappa shape index (κ2) is 3.69. The average Bonchev–Trinajstić information content (AvgIpc) is 1.88. The van der Waals surface area contributed by atoms with Gasteiger partial charge in [-0.1, -0.05) is 0 Å². The van der Waals surface area contributed by atoms with Gasteiger partial charge < -0.3 is 15.6 Å². The van der Waals surface area contributed by atoms with E-state index in [1.54, 1.807) is 6.92 Å². The van der Waals surface area contributed by atoms with Gasteiger partial charge in [-0.15, -0.1) is 0 Å². The van der Waals surface area contributed by atoms with Crippen molar-refractivity contribution in [2.75, 3.05) is 6.61 Å². The van der Waals surface area contributed by atoms with E-state index in [4.69, 9.17) is 10.8 Å². The van der Waals surface area contributed by atoms with Crippen molar-refractivity contribution in [3.05, 3.63) is 0 Å². The number of esters is 1. The molecule has 0 unspecified atom stereocenters. The van der Waals surface area contributed by atoms with Crippen LogP contribution < -0.4 is 5.73 Å². The summed E-state index contributed by atoms with van der Waals surface area (Å²) in [4.78, 5) is 11.0. The van der Waals surface area contributed by atoms with Gasteiger partial charge in [0, 0.05) is 0 Å². The van der Waals surface area contributed by atoms with Crippen LogP contribution in [0.4, 0.5) is 0 Å². The van der Waals surface area contributed by atoms with Crippen LogP contribution in [0.2, 0.25) is 0 Å². The molecule has 2 atom stereocenters. The van der Waals surface area contributed by atoms with Gasteiger partial charge in [-0.3, -0.25) is 0 Å². The van der Waals surface area contributed by atoms with E-state index < -0.39 is 17.6 Å². The van der Waals surface area contributed by atoms with Gasteiger partial charge in [-0.05, 0) is 20.8 Å². The molecule has 0 fully saturated rings. The Kier molecular flexibility index (Phi) is 3.48. The molecule has 0 aromatic carbocycles. The van der Waals surface area contributed by atoms with E-state index in [1.807, 2.05) is 0 Å². The molecule has 0 saturated heterocycles. The van der Waals surface area contributed by atoms with E-state index in [1.165, 1.54) is 13.8 Å². The molecule has 11 heavy (non-hydrogen) atoms. The maximum atomic E-state index is 11.0. The Morgan fingerprint density at radius 3 is 2.55 bits per heavy atom. The van der Waals surface area contributed by atoms with Gasteiger partial charge in [0.15, 0.2) is 0 Å². The summed E-state index contributed by atoms with van der Waals surface area (Å²) in [5, 5.41) is 9.05. The summed E-state index contributed by atoms with van der Waals surface area (Å²) in [5.74, 6) is -0.574. The highest BCUT2D eigenvalue weighted by Crippen LogP contribution is 2.07. The predicted octanol–water partition coefficient (Wildman–Crippen LogP) is -0.352. The zero-order chi connectivity index (χ0) is 9.07. The first-order valence-corrected chi connectivity index (χ1v) is 3.57. The second-order valence-electron chi connectivity index (χ2n) is 2.68. The lowest BCUT2D eigenvalue weighted by atomic mass is 9.98. The molecule has 0 aromatic heterocycles. The number of nitrogens with two attached hydrogens (primary N) is 1. The van der Waals surface area contributed by atoms with Crippen molar-refractivity contribution < 1.29 is 14.6 Å². The summed E-state index contributed by atoms with van der Waals surface area (Å²) < 4.78 is 4.64. The smallest absolute Gasteiger partial charge is 0.328 e. The maximum Gasteiger partial charge on any atom is 0.328 e. The van der Waals surface area contributed by atoms with E-state index in [9.17, 15) is 4.79 Å². The summed E-state index contributed by atoms with van der Waals surface area (Å²) >= 11 is 0. The molecule has 0 heterocycles. The van der Waals surface area contributed by atoms with Crippen molar-refractivity contribution in [3.63, 3.8) is 0 Å². The number of aliphatic hydroxyl groups is 1. The van der Waals surface area contributed by atoms with E-state index >= 15 is 0 Å². The Labute approximate surface area is 66.3 Å². The highest BCUT2D eigenvalue weighted by Gasteiger charge is 2.34. The van der Waals surface area contributed by atoms with Crippen molar-refractivity contribution in [1.29, 1.82) is 0 Å². The molecule has 4 nitrogen and oxygen atoms in total. The van der Waals surface area contributed by atoms with Crippen LogP contribution in [-0.4, -0.2) is 29.3 Å². The Bertz CT molecular complexity index is 143. The lowest BCUT2D eigenvalue weighted by Gasteiger charge is -2.24. The van der Waals surface area contributed by atoms with Crippen molar-refractivity contribution in [2.45, 2.75) is 32.4 Å². The summed E-state index contributed by atoms with van der Waals surface area (Å²) in [5.41, 5.74) is 4.17. The first-order valence-electron chi connectivity index (χ1n) is 3.57. The minimum Gasteiger partial charge on any atom is -0.465 e. The molecule has 0 spiro atoms. The molecule has 0 aliphatic rings. The van der Waals surface area contributed by atoms with E-state index in [0.717, 1.165) is 0 Å². The number of hydrogen-bond donors (Lipinski definition) is 2. The van der Waals surface area contributed by atoms with E-state index in [2.05, 4.69) is 4.74 Å². The van der Waals surface area contributed by atoms with Crippen LogP contribution in [-0.2, 0) is 9.53 Å². The summed E-state index contributed by atoms with van der Waals surface area (Å²) in [6, 6.07) is 0. The van der Waals surface area contributed by atoms with Gasteiger partial charge in [0.1, 0.15) is 5.54 Å². The number of rotatable bonds is 3. The van der Waals surface area contributed by atoms with Crippen LogP contribution in [0.25, 0.3) is 0 Å². The van der Waals surface area contributed by atoms with Crippen molar-refractivity contribution >= 4 is 5.97 Å². The van der Waals surface area contributed by atoms with E-state index in [-0.39, 0.29) is 6.61 Å². The summed E-state index contributed by atoms with van der Waals surface area (Å²) in [6.45, 7) is 4.86. The number of hydrogen-bond acceptors (Lipinski definition) is 4. The minimum atomic E-state index is -1.30. The van der Waals surface area contributed by atoms with Gasteiger partial charge in [-0.2, -0.15) is 0 Å². The third kappa shape index (κ3) is 2.48. The number of carbonyl (C=O) groups excluding carboxylic acids is 1. The molecule has 0 aliphatic carbocycles. The standard InChI is InChI=1S/C7H15NO3/c1-4-11-6(10)7(3,8)5(2)9/h5,9H,4,8H2,1-3H3/t5-,7-/m0/s1. The number of carbonyl (C=O) groups is 1. The first kappa shape index (κ1) is 10.4. The highest BCUT2D eigenvalue weighted by atomic mass is 16.5. The third-order valence-corrected chi connectivity index (χ3v) is 1.58. The zero-order valence-corrected chi connectivity index (χ0v) is 7.13. The Morgan fingerprint density at radius 2 is 2.27 bits per heavy atom. The topological polar surface area (TPSA) is 72.5 Å². The molecule has 66 valence electrons. The summed E-state index contributed by atoms with van der Waals surface area (Å²) in [7, 11) is 0. The van der Waals surface area contributed by atoms with Crippen LogP contribution in [0.1, 0.15) is 20.8 Å². The fourth-order valence-electron chi connectivity index (χ4n) is 0.457. The predicted molar refractivity (Wildman–Crippen MR) is 40.9 cm³/mol. The van der Waals surface area contributed by atoms with Gasteiger partial charge in [0.2, 0.25) is 0 Å². The minimum absolute atomic E-state index is 0.276. The molecular formula is C7H15NO3. The number of aliphatic hydroxyl groups excluding tert-OH is 1. The fraction of sp³-hybridized carbons (Fsp3) is 0.857. The van der Waals surface area contributed by atoms with Crippen LogP contribution >= 0.6 is 0 Å². The molecule has 4 heteroatoms. The lowest BCUT2D eigenvalue weighted by Crippen LogP contribution is -2.54. The van der Waals surface area contributed by atoms with Crippen molar-refractivity contribution in [3.8, 4) is 0 Å². The first-order chi connectivity index (χ1) is 4.92. The second-order valence-corrected chi connectivity index (χ2v) is 2.68. The molecule has 3 N–H and O–H groups in total. The Morgan fingerprint density at radius 1 is 1.82 bits per heavy atom. The maximum absolute atomic E-state index is 11.0. The average molecular weight is 161 g/mol. The fourth-order valence-corrected chi connectivity index (χ4v) is 0.457. The molecule has 0 aliphatic heterocycles. The SMILES string of the molecule is CCOC(=O)[C@@](C)(N)[C@H](C)O. The Balaban J connectivity index is 4.18. The summed E-state index contributed by atoms with van der Waals surface area (Å²) in [6.07, 6.45) is -0.901. The molecule has 0 rings (SSSR count). The van der Waals surface area contributed by atoms with Gasteiger partial charge in [0.25, 0.3) is 0 Å². The van der Waals surface area contributed by atoms with Crippen LogP contribution in [0.3, 0.4) is 0 Å². The molecular weight excluding hydrogens is 146 g/mol. The normalized spacial score (nSPS) is 18.6.